The molecule has 37 heavy (non-hydrogen) atoms. The second-order valence-corrected chi connectivity index (χ2v) is 9.74. The number of carbonyl (C=O) groups is 5. The molecule has 1 rings (SSSR count). The highest BCUT2D eigenvalue weighted by atomic mass is 16.5. The Bertz CT molecular complexity index is 923. The number of amides is 4. The normalized spacial score (nSPS) is 15.0. The third kappa shape index (κ3) is 11.4. The minimum absolute atomic E-state index is 0.0101. The van der Waals surface area contributed by atoms with Gasteiger partial charge in [0.05, 0.1) is 6.42 Å². The number of carbonyl (C=O) groups excluding carboxylic acids is 5. The van der Waals surface area contributed by atoms with Gasteiger partial charge in [0.2, 0.25) is 17.7 Å². The van der Waals surface area contributed by atoms with Crippen molar-refractivity contribution >= 4 is 29.6 Å². The summed E-state index contributed by atoms with van der Waals surface area (Å²) in [6.45, 7) is 8.93. The molecule has 0 spiro atoms. The molecule has 11 nitrogen and oxygen atoms in total. The van der Waals surface area contributed by atoms with E-state index in [0.717, 1.165) is 5.56 Å². The third-order valence-corrected chi connectivity index (χ3v) is 5.95. The molecule has 0 fully saturated rings. The molecule has 0 aromatic heterocycles. The summed E-state index contributed by atoms with van der Waals surface area (Å²) in [6.07, 6.45) is 0.585. The van der Waals surface area contributed by atoms with Gasteiger partial charge in [0, 0.05) is 6.42 Å². The second-order valence-electron chi connectivity index (χ2n) is 9.74. The van der Waals surface area contributed by atoms with Crippen LogP contribution in [0.3, 0.4) is 0 Å². The Balaban J connectivity index is 3.04. The van der Waals surface area contributed by atoms with Gasteiger partial charge in [0.1, 0.15) is 24.7 Å². The summed E-state index contributed by atoms with van der Waals surface area (Å²) in [6, 6.07) is 5.14. The minimum atomic E-state index is -1.29. The molecule has 4 amide bonds. The van der Waals surface area contributed by atoms with Crippen LogP contribution in [0.1, 0.15) is 59.4 Å². The summed E-state index contributed by atoms with van der Waals surface area (Å²) in [5, 5.41) is 7.70. The first-order valence-corrected chi connectivity index (χ1v) is 12.6. The van der Waals surface area contributed by atoms with Crippen molar-refractivity contribution in [3.63, 3.8) is 0 Å². The largest absolute Gasteiger partial charge is 0.461 e. The predicted molar refractivity (Wildman–Crippen MR) is 137 cm³/mol. The van der Waals surface area contributed by atoms with Gasteiger partial charge in [0.15, 0.2) is 6.04 Å². The number of benzene rings is 1. The maximum Gasteiger partial charge on any atom is 0.308 e. The number of ether oxygens (including phenoxy) is 1. The maximum absolute atomic E-state index is 13.3. The predicted octanol–water partition coefficient (Wildman–Crippen LogP) is -0.218. The molecule has 1 aromatic carbocycles. The number of rotatable bonds is 15. The molecule has 0 radical (unpaired) electrons. The van der Waals surface area contributed by atoms with Gasteiger partial charge in [-0.3, -0.25) is 24.0 Å². The molecule has 1 aromatic rings. The van der Waals surface area contributed by atoms with Crippen molar-refractivity contribution in [3.8, 4) is 0 Å². The zero-order chi connectivity index (χ0) is 28.1. The molecule has 0 aliphatic carbocycles. The van der Waals surface area contributed by atoms with E-state index in [9.17, 15) is 24.0 Å². The van der Waals surface area contributed by atoms with E-state index in [-0.39, 0.29) is 18.4 Å². The Morgan fingerprint density at radius 3 is 2.08 bits per heavy atom. The summed E-state index contributed by atoms with van der Waals surface area (Å²) < 4.78 is 5.30. The highest BCUT2D eigenvalue weighted by molar-refractivity contribution is 5.96. The van der Waals surface area contributed by atoms with E-state index in [1.807, 2.05) is 39.0 Å². The first-order chi connectivity index (χ1) is 17.3. The lowest BCUT2D eigenvalue weighted by Crippen LogP contribution is -2.69. The van der Waals surface area contributed by atoms with E-state index in [1.165, 1.54) is 6.92 Å². The van der Waals surface area contributed by atoms with Crippen molar-refractivity contribution in [2.75, 3.05) is 0 Å². The number of nitrogens with two attached hydrogens (primary N) is 1. The summed E-state index contributed by atoms with van der Waals surface area (Å²) in [4.78, 5) is 62.8. The smallest absolute Gasteiger partial charge is 0.308 e. The van der Waals surface area contributed by atoms with Gasteiger partial charge in [-0.05, 0) is 24.3 Å². The fourth-order valence-electron chi connectivity index (χ4n) is 3.47. The number of nitrogens with one attached hydrogen (secondary N) is 3. The van der Waals surface area contributed by atoms with Crippen LogP contribution < -0.4 is 27.4 Å². The highest BCUT2D eigenvalue weighted by Crippen LogP contribution is 2.11. The van der Waals surface area contributed by atoms with Crippen LogP contribution >= 0.6 is 0 Å². The van der Waals surface area contributed by atoms with Gasteiger partial charge in [-0.15, -0.1) is 0 Å². The van der Waals surface area contributed by atoms with Crippen LogP contribution in [0.15, 0.2) is 30.3 Å². The first-order valence-electron chi connectivity index (χ1n) is 12.6. The van der Waals surface area contributed by atoms with Crippen LogP contribution in [0.25, 0.3) is 0 Å². The van der Waals surface area contributed by atoms with Crippen LogP contribution in [0.4, 0.5) is 0 Å². The average molecular weight is 521 g/mol. The van der Waals surface area contributed by atoms with Crippen molar-refractivity contribution in [2.45, 2.75) is 84.7 Å². The Kier molecular flexibility index (Phi) is 13.3. The van der Waals surface area contributed by atoms with Gasteiger partial charge < -0.3 is 32.2 Å². The molecule has 0 bridgehead atoms. The topological polar surface area (TPSA) is 184 Å². The van der Waals surface area contributed by atoms with Crippen LogP contribution in [0, 0.1) is 11.8 Å². The van der Waals surface area contributed by atoms with Gasteiger partial charge in [-0.1, -0.05) is 64.4 Å². The fraction of sp³-hybridized carbons (Fsp3) is 0.577. The Morgan fingerprint density at radius 2 is 1.54 bits per heavy atom. The van der Waals surface area contributed by atoms with Crippen molar-refractivity contribution in [1.82, 2.24) is 16.0 Å². The van der Waals surface area contributed by atoms with Crippen LogP contribution in [0.5, 0.6) is 0 Å². The average Bonchev–Trinajstić information content (AvgIpc) is 2.84. The van der Waals surface area contributed by atoms with E-state index < -0.39 is 60.2 Å². The SMILES string of the molecule is CC[C@H](C)[C@@H](NC(=O)[C@@H](CC(=O)OCc1ccccc1)NC(=O)[C@H]([NH3+])CC(C)C)C(=O)N[C@@H](C)C(N)=O. The zero-order valence-electron chi connectivity index (χ0n) is 22.4. The molecule has 11 heteroatoms. The molecule has 206 valence electrons. The molecular weight excluding hydrogens is 478 g/mol. The number of hydrogen-bond donors (Lipinski definition) is 5. The first kappa shape index (κ1) is 31.6. The molecule has 0 unspecified atom stereocenters. The van der Waals surface area contributed by atoms with Crippen molar-refractivity contribution in [1.29, 1.82) is 0 Å². The highest BCUT2D eigenvalue weighted by Gasteiger charge is 2.33. The van der Waals surface area contributed by atoms with Crippen molar-refractivity contribution in [2.24, 2.45) is 17.6 Å². The Hall–Kier alpha value is -3.47. The summed E-state index contributed by atoms with van der Waals surface area (Å²) in [5.74, 6) is -3.35. The number of hydrogen-bond acceptors (Lipinski definition) is 6. The quantitative estimate of drug-likeness (QED) is 0.199. The van der Waals surface area contributed by atoms with Crippen LogP contribution in [-0.2, 0) is 35.3 Å². The molecule has 0 aliphatic heterocycles. The number of esters is 1. The lowest BCUT2D eigenvalue weighted by atomic mass is 9.97. The second kappa shape index (κ2) is 15.6. The van der Waals surface area contributed by atoms with E-state index in [2.05, 4.69) is 21.7 Å². The molecule has 0 aliphatic rings. The zero-order valence-corrected chi connectivity index (χ0v) is 22.4. The fourth-order valence-corrected chi connectivity index (χ4v) is 3.47. The molecule has 0 heterocycles. The summed E-state index contributed by atoms with van der Waals surface area (Å²) in [7, 11) is 0. The van der Waals surface area contributed by atoms with E-state index in [4.69, 9.17) is 10.5 Å². The molecular formula is C26H42N5O6+. The molecule has 0 saturated heterocycles. The van der Waals surface area contributed by atoms with Crippen LogP contribution in [-0.4, -0.2) is 53.8 Å². The maximum atomic E-state index is 13.3. The summed E-state index contributed by atoms with van der Waals surface area (Å²) >= 11 is 0. The van der Waals surface area contributed by atoms with Gasteiger partial charge in [-0.2, -0.15) is 0 Å². The van der Waals surface area contributed by atoms with Gasteiger partial charge in [0.25, 0.3) is 5.91 Å². The number of quaternary nitrogens is 1. The van der Waals surface area contributed by atoms with E-state index in [0.29, 0.717) is 12.8 Å². The van der Waals surface area contributed by atoms with Crippen LogP contribution in [0.2, 0.25) is 0 Å². The van der Waals surface area contributed by atoms with E-state index in [1.54, 1.807) is 19.1 Å². The Labute approximate surface area is 218 Å². The monoisotopic (exact) mass is 520 g/mol. The molecule has 5 atom stereocenters. The standard InChI is InChI=1S/C26H41N5O6/c1-6-16(4)22(26(36)29-17(5)23(28)33)31-25(35)20(30-24(34)19(27)12-15(2)3)13-21(32)37-14-18-10-8-7-9-11-18/h7-11,15-17,19-20,22H,6,12-14,27H2,1-5H3,(H2,28,33)(H,29,36)(H,30,34)(H,31,35)/p+1/t16-,17-,19+,20+,22+/m0/s1. The lowest BCUT2D eigenvalue weighted by Gasteiger charge is -2.27. The number of primary amides is 1. The van der Waals surface area contributed by atoms with Crippen molar-refractivity contribution in [3.05, 3.63) is 35.9 Å². The van der Waals surface area contributed by atoms with E-state index >= 15 is 0 Å². The van der Waals surface area contributed by atoms with Gasteiger partial charge >= 0.3 is 5.97 Å². The van der Waals surface area contributed by atoms with Crippen molar-refractivity contribution < 1.29 is 34.4 Å². The lowest BCUT2D eigenvalue weighted by molar-refractivity contribution is -0.406. The Morgan fingerprint density at radius 1 is 0.919 bits per heavy atom. The molecule has 0 saturated carbocycles. The third-order valence-electron chi connectivity index (χ3n) is 5.95. The summed E-state index contributed by atoms with van der Waals surface area (Å²) in [5.41, 5.74) is 9.87. The van der Waals surface area contributed by atoms with Gasteiger partial charge in [-0.25, -0.2) is 0 Å². The molecule has 8 N–H and O–H groups in total. The minimum Gasteiger partial charge on any atom is -0.461 e.